The number of aryl methyl sites for hydroxylation is 1. The fourth-order valence-electron chi connectivity index (χ4n) is 1.62. The first-order chi connectivity index (χ1) is 7.70. The Morgan fingerprint density at radius 2 is 2.19 bits per heavy atom. The average Bonchev–Trinajstić information content (AvgIpc) is 2.53. The van der Waals surface area contributed by atoms with E-state index in [9.17, 15) is 0 Å². The second kappa shape index (κ2) is 6.86. The maximum atomic E-state index is 8.65. The quantitative estimate of drug-likeness (QED) is 0.817. The van der Waals surface area contributed by atoms with Gasteiger partial charge >= 0.3 is 0 Å². The van der Waals surface area contributed by atoms with Crippen LogP contribution in [0.2, 0.25) is 0 Å². The molecule has 0 aliphatic heterocycles. The summed E-state index contributed by atoms with van der Waals surface area (Å²) in [6.45, 7) is 2.40. The number of aliphatic hydroxyl groups excluding tert-OH is 1. The van der Waals surface area contributed by atoms with Crippen LogP contribution in [0.25, 0.3) is 6.08 Å². The van der Waals surface area contributed by atoms with Crippen molar-refractivity contribution in [1.29, 1.82) is 0 Å². The molecule has 1 heterocycles. The molecule has 1 rings (SSSR count). The van der Waals surface area contributed by atoms with Crippen molar-refractivity contribution in [1.82, 2.24) is 9.78 Å². The number of unbranched alkanes of at least 4 members (excludes halogenated alkanes) is 2. The highest BCUT2D eigenvalue weighted by Gasteiger charge is 2.08. The van der Waals surface area contributed by atoms with E-state index in [0.717, 1.165) is 35.8 Å². The molecule has 1 aromatic heterocycles. The van der Waals surface area contributed by atoms with Gasteiger partial charge in [0.15, 0.2) is 0 Å². The lowest BCUT2D eigenvalue weighted by atomic mass is 10.2. The Bertz CT molecular complexity index is 358. The Morgan fingerprint density at radius 3 is 2.75 bits per heavy atom. The monoisotopic (exact) mass is 286 g/mol. The highest BCUT2D eigenvalue weighted by molar-refractivity contribution is 9.10. The second-order valence-corrected chi connectivity index (χ2v) is 4.54. The van der Waals surface area contributed by atoms with Gasteiger partial charge in [-0.05, 0) is 47.7 Å². The van der Waals surface area contributed by atoms with Crippen molar-refractivity contribution < 1.29 is 5.11 Å². The molecule has 1 aromatic rings. The number of aliphatic hydroxyl groups is 1. The van der Waals surface area contributed by atoms with Gasteiger partial charge in [-0.15, -0.1) is 0 Å². The standard InChI is InChI=1S/C12H19BrN2O/c1-3-11-12(13)10(14-15(11)2)8-6-4-5-7-9-16/h6,8,16H,3-5,7,9H2,1-2H3/b8-6+. The van der Waals surface area contributed by atoms with E-state index in [1.54, 1.807) is 0 Å². The number of rotatable bonds is 6. The van der Waals surface area contributed by atoms with Crippen molar-refractivity contribution in [2.45, 2.75) is 32.6 Å². The van der Waals surface area contributed by atoms with E-state index in [-0.39, 0.29) is 6.61 Å². The zero-order chi connectivity index (χ0) is 12.0. The van der Waals surface area contributed by atoms with E-state index in [2.05, 4.69) is 34.0 Å². The molecular formula is C12H19BrN2O. The lowest BCUT2D eigenvalue weighted by Crippen LogP contribution is -1.96. The predicted molar refractivity (Wildman–Crippen MR) is 70.3 cm³/mol. The van der Waals surface area contributed by atoms with Gasteiger partial charge in [-0.1, -0.05) is 13.0 Å². The number of hydrogen-bond acceptors (Lipinski definition) is 2. The Hall–Kier alpha value is -0.610. The molecular weight excluding hydrogens is 268 g/mol. The van der Waals surface area contributed by atoms with E-state index in [1.165, 1.54) is 5.69 Å². The third-order valence-electron chi connectivity index (χ3n) is 2.52. The Balaban J connectivity index is 2.60. The molecule has 0 aromatic carbocycles. The van der Waals surface area contributed by atoms with Crippen molar-refractivity contribution in [2.24, 2.45) is 7.05 Å². The van der Waals surface area contributed by atoms with Gasteiger partial charge in [-0.2, -0.15) is 5.10 Å². The number of nitrogens with zero attached hydrogens (tertiary/aromatic N) is 2. The fourth-order valence-corrected chi connectivity index (χ4v) is 2.36. The summed E-state index contributed by atoms with van der Waals surface area (Å²) in [4.78, 5) is 0. The van der Waals surface area contributed by atoms with Gasteiger partial charge in [0, 0.05) is 13.7 Å². The summed E-state index contributed by atoms with van der Waals surface area (Å²) in [6.07, 6.45) is 8.02. The van der Waals surface area contributed by atoms with Gasteiger partial charge in [-0.25, -0.2) is 0 Å². The zero-order valence-corrected chi connectivity index (χ0v) is 11.5. The minimum Gasteiger partial charge on any atom is -0.396 e. The molecule has 0 saturated heterocycles. The third kappa shape index (κ3) is 3.46. The van der Waals surface area contributed by atoms with Crippen LogP contribution in [0.1, 0.15) is 37.6 Å². The van der Waals surface area contributed by atoms with Crippen LogP contribution in [0.4, 0.5) is 0 Å². The summed E-state index contributed by atoms with van der Waals surface area (Å²) in [5.41, 5.74) is 2.21. The number of aromatic nitrogens is 2. The first-order valence-corrected chi connectivity index (χ1v) is 6.48. The van der Waals surface area contributed by atoms with Crippen LogP contribution in [0.3, 0.4) is 0 Å². The van der Waals surface area contributed by atoms with Crippen LogP contribution >= 0.6 is 15.9 Å². The third-order valence-corrected chi connectivity index (χ3v) is 3.38. The van der Waals surface area contributed by atoms with E-state index < -0.39 is 0 Å². The maximum Gasteiger partial charge on any atom is 0.0992 e. The van der Waals surface area contributed by atoms with E-state index >= 15 is 0 Å². The van der Waals surface area contributed by atoms with Gasteiger partial charge in [0.2, 0.25) is 0 Å². The molecule has 0 aliphatic rings. The van der Waals surface area contributed by atoms with Crippen LogP contribution in [0, 0.1) is 0 Å². The van der Waals surface area contributed by atoms with E-state index in [0.29, 0.717) is 0 Å². The number of hydrogen-bond donors (Lipinski definition) is 1. The average molecular weight is 287 g/mol. The first-order valence-electron chi connectivity index (χ1n) is 5.69. The van der Waals surface area contributed by atoms with Crippen LogP contribution < -0.4 is 0 Å². The molecule has 0 radical (unpaired) electrons. The predicted octanol–water partition coefficient (Wildman–Crippen LogP) is 2.92. The van der Waals surface area contributed by atoms with E-state index in [1.807, 2.05) is 17.8 Å². The highest BCUT2D eigenvalue weighted by Crippen LogP contribution is 2.22. The minimum absolute atomic E-state index is 0.279. The molecule has 16 heavy (non-hydrogen) atoms. The molecule has 0 fully saturated rings. The molecule has 0 unspecified atom stereocenters. The van der Waals surface area contributed by atoms with Crippen molar-refractivity contribution in [3.8, 4) is 0 Å². The molecule has 90 valence electrons. The minimum atomic E-state index is 0.279. The topological polar surface area (TPSA) is 38.1 Å². The molecule has 0 aliphatic carbocycles. The highest BCUT2D eigenvalue weighted by atomic mass is 79.9. The summed E-state index contributed by atoms with van der Waals surface area (Å²) in [5, 5.41) is 13.1. The second-order valence-electron chi connectivity index (χ2n) is 3.74. The van der Waals surface area contributed by atoms with Crippen LogP contribution in [0.5, 0.6) is 0 Å². The molecule has 3 nitrogen and oxygen atoms in total. The lowest BCUT2D eigenvalue weighted by molar-refractivity contribution is 0.285. The van der Waals surface area contributed by atoms with Crippen molar-refractivity contribution in [2.75, 3.05) is 6.61 Å². The number of allylic oxidation sites excluding steroid dienone is 1. The molecule has 4 heteroatoms. The molecule has 0 saturated carbocycles. The zero-order valence-electron chi connectivity index (χ0n) is 9.91. The molecule has 0 bridgehead atoms. The molecule has 0 spiro atoms. The van der Waals surface area contributed by atoms with Crippen molar-refractivity contribution in [3.05, 3.63) is 21.9 Å². The largest absolute Gasteiger partial charge is 0.396 e. The summed E-state index contributed by atoms with van der Waals surface area (Å²) >= 11 is 3.57. The Kier molecular flexibility index (Phi) is 5.77. The Morgan fingerprint density at radius 1 is 1.44 bits per heavy atom. The summed E-state index contributed by atoms with van der Waals surface area (Å²) in [7, 11) is 1.96. The SMILES string of the molecule is CCc1c(Br)c(/C=C/CCCCO)nn1C. The van der Waals surface area contributed by atoms with Gasteiger partial charge in [0.05, 0.1) is 15.9 Å². The normalized spacial score (nSPS) is 11.5. The van der Waals surface area contributed by atoms with E-state index in [4.69, 9.17) is 5.11 Å². The Labute approximate surface area is 105 Å². The maximum absolute atomic E-state index is 8.65. The van der Waals surface area contributed by atoms with Gasteiger partial charge < -0.3 is 5.11 Å². The first kappa shape index (κ1) is 13.5. The van der Waals surface area contributed by atoms with Gasteiger partial charge in [0.25, 0.3) is 0 Å². The fraction of sp³-hybridized carbons (Fsp3) is 0.583. The smallest absolute Gasteiger partial charge is 0.0992 e. The molecule has 0 amide bonds. The van der Waals surface area contributed by atoms with Crippen molar-refractivity contribution >= 4 is 22.0 Å². The van der Waals surface area contributed by atoms with Crippen LogP contribution in [-0.2, 0) is 13.5 Å². The molecule has 1 N–H and O–H groups in total. The summed E-state index contributed by atoms with van der Waals surface area (Å²) in [6, 6.07) is 0. The summed E-state index contributed by atoms with van der Waals surface area (Å²) in [5.74, 6) is 0. The number of halogens is 1. The van der Waals surface area contributed by atoms with Gasteiger partial charge in [0.1, 0.15) is 0 Å². The van der Waals surface area contributed by atoms with Gasteiger partial charge in [-0.3, -0.25) is 4.68 Å². The lowest BCUT2D eigenvalue weighted by Gasteiger charge is -1.95. The van der Waals surface area contributed by atoms with Crippen LogP contribution in [0.15, 0.2) is 10.5 Å². The van der Waals surface area contributed by atoms with Crippen LogP contribution in [-0.4, -0.2) is 21.5 Å². The van der Waals surface area contributed by atoms with Crippen molar-refractivity contribution in [3.63, 3.8) is 0 Å². The summed E-state index contributed by atoms with van der Waals surface area (Å²) < 4.78 is 3.01. The molecule has 0 atom stereocenters.